The molecule has 0 saturated carbocycles. The van der Waals surface area contributed by atoms with Crippen molar-refractivity contribution >= 4 is 11.8 Å². The molecule has 0 aromatic rings. The number of thioether (sulfide) groups is 1. The van der Waals surface area contributed by atoms with Gasteiger partial charge in [-0.15, -0.1) is 0 Å². The van der Waals surface area contributed by atoms with Crippen LogP contribution in [0.5, 0.6) is 0 Å². The Labute approximate surface area is 43.3 Å². The maximum atomic E-state index is 2.30. The molecule has 0 spiro atoms. The van der Waals surface area contributed by atoms with Crippen LogP contribution in [0, 0.1) is 5.75 Å². The summed E-state index contributed by atoms with van der Waals surface area (Å²) >= 11 is 1.97. The van der Waals surface area contributed by atoms with Gasteiger partial charge >= 0.3 is 0 Å². The van der Waals surface area contributed by atoms with E-state index in [2.05, 4.69) is 12.7 Å². The minimum atomic E-state index is 0.907. The second kappa shape index (κ2) is 1.87. The van der Waals surface area contributed by atoms with Crippen LogP contribution in [0.4, 0.5) is 0 Å². The molecule has 1 aliphatic heterocycles. The van der Waals surface area contributed by atoms with E-state index in [-0.39, 0.29) is 0 Å². The number of hydrogen-bond donors (Lipinski definition) is 0. The molecule has 1 heterocycles. The molecule has 0 aromatic carbocycles. The van der Waals surface area contributed by atoms with Crippen LogP contribution < -0.4 is 0 Å². The van der Waals surface area contributed by atoms with Gasteiger partial charge in [0.15, 0.2) is 0 Å². The standard InChI is InChI=1S/C5H9S/c1-5-3-2-4-6-5/h4-5H,2-3H2,1H3. The van der Waals surface area contributed by atoms with Gasteiger partial charge in [-0.1, -0.05) is 6.92 Å². The number of hydrogen-bond acceptors (Lipinski definition) is 1. The fourth-order valence-corrected chi connectivity index (χ4v) is 1.48. The van der Waals surface area contributed by atoms with Gasteiger partial charge in [-0.3, -0.25) is 0 Å². The van der Waals surface area contributed by atoms with Crippen molar-refractivity contribution < 1.29 is 0 Å². The molecule has 1 unspecified atom stereocenters. The van der Waals surface area contributed by atoms with Crippen molar-refractivity contribution in [1.29, 1.82) is 0 Å². The minimum absolute atomic E-state index is 0.907. The van der Waals surface area contributed by atoms with E-state index in [9.17, 15) is 0 Å². The molecule has 1 saturated heterocycles. The summed E-state index contributed by atoms with van der Waals surface area (Å²) in [6.45, 7) is 2.27. The molecule has 1 rings (SSSR count). The zero-order valence-corrected chi connectivity index (χ0v) is 4.79. The average molecular weight is 101 g/mol. The highest BCUT2D eigenvalue weighted by Gasteiger charge is 2.08. The molecule has 1 fully saturated rings. The Hall–Kier alpha value is 0.350. The van der Waals surface area contributed by atoms with E-state index >= 15 is 0 Å². The summed E-state index contributed by atoms with van der Waals surface area (Å²) in [6.07, 6.45) is 2.72. The maximum absolute atomic E-state index is 2.30. The summed E-state index contributed by atoms with van der Waals surface area (Å²) in [6, 6.07) is 0. The van der Waals surface area contributed by atoms with Gasteiger partial charge in [-0.2, -0.15) is 11.8 Å². The highest BCUT2D eigenvalue weighted by atomic mass is 32.2. The Morgan fingerprint density at radius 2 is 2.67 bits per heavy atom. The van der Waals surface area contributed by atoms with E-state index in [4.69, 9.17) is 0 Å². The van der Waals surface area contributed by atoms with Crippen LogP contribution >= 0.6 is 11.8 Å². The molecule has 1 atom stereocenters. The highest BCUT2D eigenvalue weighted by Crippen LogP contribution is 2.28. The lowest BCUT2D eigenvalue weighted by Crippen LogP contribution is -1.81. The lowest BCUT2D eigenvalue weighted by molar-refractivity contribution is 0.859. The second-order valence-electron chi connectivity index (χ2n) is 1.69. The van der Waals surface area contributed by atoms with Crippen LogP contribution in [0.2, 0.25) is 0 Å². The first-order valence-electron chi connectivity index (χ1n) is 2.37. The Morgan fingerprint density at radius 3 is 2.83 bits per heavy atom. The normalized spacial score (nSPS) is 34.5. The largest absolute Gasteiger partial charge is 0.154 e. The van der Waals surface area contributed by atoms with E-state index in [1.807, 2.05) is 11.8 Å². The van der Waals surface area contributed by atoms with Crippen molar-refractivity contribution in [3.63, 3.8) is 0 Å². The van der Waals surface area contributed by atoms with Crippen molar-refractivity contribution in [2.75, 3.05) is 0 Å². The van der Waals surface area contributed by atoms with Crippen LogP contribution in [-0.2, 0) is 0 Å². The van der Waals surface area contributed by atoms with Gasteiger partial charge in [0, 0.05) is 11.0 Å². The fraction of sp³-hybridized carbons (Fsp3) is 0.800. The molecule has 6 heavy (non-hydrogen) atoms. The third-order valence-corrected chi connectivity index (χ3v) is 2.15. The lowest BCUT2D eigenvalue weighted by Gasteiger charge is -1.91. The van der Waals surface area contributed by atoms with Crippen LogP contribution in [0.15, 0.2) is 0 Å². The minimum Gasteiger partial charge on any atom is -0.154 e. The molecule has 0 aliphatic carbocycles. The van der Waals surface area contributed by atoms with E-state index in [1.54, 1.807) is 0 Å². The molecule has 1 heteroatoms. The maximum Gasteiger partial charge on any atom is 0.0169 e. The molecular weight excluding hydrogens is 92.1 g/mol. The van der Waals surface area contributed by atoms with Crippen LogP contribution in [0.1, 0.15) is 19.8 Å². The highest BCUT2D eigenvalue weighted by molar-refractivity contribution is 8.02. The van der Waals surface area contributed by atoms with Crippen molar-refractivity contribution in [2.45, 2.75) is 25.0 Å². The Morgan fingerprint density at radius 1 is 1.83 bits per heavy atom. The zero-order chi connectivity index (χ0) is 4.41. The summed E-state index contributed by atoms with van der Waals surface area (Å²) in [5, 5.41) is 0.907. The summed E-state index contributed by atoms with van der Waals surface area (Å²) < 4.78 is 0. The van der Waals surface area contributed by atoms with Gasteiger partial charge < -0.3 is 0 Å². The topological polar surface area (TPSA) is 0 Å². The van der Waals surface area contributed by atoms with Gasteiger partial charge in [0.05, 0.1) is 0 Å². The van der Waals surface area contributed by atoms with Gasteiger partial charge in [0.1, 0.15) is 0 Å². The summed E-state index contributed by atoms with van der Waals surface area (Å²) in [5.74, 6) is 2.30. The molecule has 0 bridgehead atoms. The molecule has 0 N–H and O–H groups in total. The van der Waals surface area contributed by atoms with Crippen LogP contribution in [0.3, 0.4) is 0 Å². The van der Waals surface area contributed by atoms with E-state index < -0.39 is 0 Å². The molecule has 1 aliphatic rings. The molecule has 35 valence electrons. The monoisotopic (exact) mass is 101 g/mol. The Balaban J connectivity index is 2.18. The first-order valence-corrected chi connectivity index (χ1v) is 3.31. The van der Waals surface area contributed by atoms with Crippen molar-refractivity contribution in [3.05, 3.63) is 5.75 Å². The Kier molecular flexibility index (Phi) is 1.41. The number of rotatable bonds is 0. The summed E-state index contributed by atoms with van der Waals surface area (Å²) in [7, 11) is 0. The first kappa shape index (κ1) is 4.51. The molecular formula is C5H9S. The average Bonchev–Trinajstić information content (AvgIpc) is 1.86. The quantitative estimate of drug-likeness (QED) is 0.450. The molecule has 0 nitrogen and oxygen atoms in total. The van der Waals surface area contributed by atoms with E-state index in [0.717, 1.165) is 5.25 Å². The zero-order valence-electron chi connectivity index (χ0n) is 3.98. The third-order valence-electron chi connectivity index (χ3n) is 1.02. The smallest absolute Gasteiger partial charge is 0.0169 e. The SMILES string of the molecule is CC1CC[CH]S1. The van der Waals surface area contributed by atoms with Gasteiger partial charge in [-0.25, -0.2) is 0 Å². The van der Waals surface area contributed by atoms with Crippen molar-refractivity contribution in [1.82, 2.24) is 0 Å². The summed E-state index contributed by atoms with van der Waals surface area (Å²) in [4.78, 5) is 0. The molecule has 0 amide bonds. The second-order valence-corrected chi connectivity index (χ2v) is 3.10. The van der Waals surface area contributed by atoms with Crippen molar-refractivity contribution in [3.8, 4) is 0 Å². The predicted octanol–water partition coefficient (Wildman–Crippen LogP) is 2.06. The molecule has 1 radical (unpaired) electrons. The van der Waals surface area contributed by atoms with Gasteiger partial charge in [0.25, 0.3) is 0 Å². The first-order chi connectivity index (χ1) is 2.89. The van der Waals surface area contributed by atoms with Gasteiger partial charge in [0.2, 0.25) is 0 Å². The van der Waals surface area contributed by atoms with E-state index in [0.29, 0.717) is 0 Å². The summed E-state index contributed by atoms with van der Waals surface area (Å²) in [5.41, 5.74) is 0. The van der Waals surface area contributed by atoms with Gasteiger partial charge in [-0.05, 0) is 12.8 Å². The Bertz CT molecular complexity index is 37.2. The van der Waals surface area contributed by atoms with Crippen LogP contribution in [-0.4, -0.2) is 5.25 Å². The molecule has 0 aromatic heterocycles. The van der Waals surface area contributed by atoms with Crippen molar-refractivity contribution in [2.24, 2.45) is 0 Å². The lowest BCUT2D eigenvalue weighted by atomic mass is 10.3. The van der Waals surface area contributed by atoms with E-state index in [1.165, 1.54) is 12.8 Å². The predicted molar refractivity (Wildman–Crippen MR) is 30.6 cm³/mol. The fourth-order valence-electron chi connectivity index (χ4n) is 0.603. The third kappa shape index (κ3) is 0.904. The van der Waals surface area contributed by atoms with Crippen LogP contribution in [0.25, 0.3) is 0 Å².